The van der Waals surface area contributed by atoms with Crippen LogP contribution in [-0.4, -0.2) is 5.84 Å². The first-order chi connectivity index (χ1) is 8.58. The SMILES string of the molecule is N=C(N)c1ccc(Oc2cccc(Cl)c2F)cc1. The lowest BCUT2D eigenvalue weighted by Gasteiger charge is -2.08. The summed E-state index contributed by atoms with van der Waals surface area (Å²) in [4.78, 5) is 0. The highest BCUT2D eigenvalue weighted by molar-refractivity contribution is 6.30. The number of ether oxygens (including phenoxy) is 1. The summed E-state index contributed by atoms with van der Waals surface area (Å²) >= 11 is 5.65. The lowest BCUT2D eigenvalue weighted by Crippen LogP contribution is -2.10. The van der Waals surface area contributed by atoms with E-state index in [0.717, 1.165) is 0 Å². The minimum absolute atomic E-state index is 0.00727. The number of benzene rings is 2. The first kappa shape index (κ1) is 12.4. The molecule has 0 saturated carbocycles. The molecule has 0 saturated heterocycles. The summed E-state index contributed by atoms with van der Waals surface area (Å²) in [6.45, 7) is 0. The molecule has 3 N–H and O–H groups in total. The molecule has 0 radical (unpaired) electrons. The number of nitrogens with one attached hydrogen (secondary N) is 1. The van der Waals surface area contributed by atoms with Gasteiger partial charge < -0.3 is 10.5 Å². The molecule has 3 nitrogen and oxygen atoms in total. The molecule has 0 aliphatic carbocycles. The van der Waals surface area contributed by atoms with Crippen LogP contribution < -0.4 is 10.5 Å². The Morgan fingerprint density at radius 2 is 1.83 bits per heavy atom. The van der Waals surface area contributed by atoms with E-state index in [2.05, 4.69) is 0 Å². The number of hydrogen-bond acceptors (Lipinski definition) is 2. The molecule has 5 heteroatoms. The van der Waals surface area contributed by atoms with Gasteiger partial charge >= 0.3 is 0 Å². The predicted molar refractivity (Wildman–Crippen MR) is 68.9 cm³/mol. The molecule has 92 valence electrons. The second kappa shape index (κ2) is 5.06. The molecule has 0 aromatic heterocycles. The highest BCUT2D eigenvalue weighted by Crippen LogP contribution is 2.28. The van der Waals surface area contributed by atoms with Crippen molar-refractivity contribution in [2.75, 3.05) is 0 Å². The van der Waals surface area contributed by atoms with Crippen molar-refractivity contribution in [2.45, 2.75) is 0 Å². The van der Waals surface area contributed by atoms with Crippen LogP contribution in [0.25, 0.3) is 0 Å². The lowest BCUT2D eigenvalue weighted by atomic mass is 10.2. The van der Waals surface area contributed by atoms with Gasteiger partial charge in [0.1, 0.15) is 11.6 Å². The number of nitrogen functional groups attached to an aromatic ring is 1. The molecule has 0 heterocycles. The van der Waals surface area contributed by atoms with Crippen LogP contribution in [0.3, 0.4) is 0 Å². The standard InChI is InChI=1S/C13H10ClFN2O/c14-10-2-1-3-11(12(10)15)18-9-6-4-8(5-7-9)13(16)17/h1-7H,(H3,16,17). The van der Waals surface area contributed by atoms with Gasteiger partial charge in [-0.05, 0) is 36.4 Å². The molecule has 2 rings (SSSR count). The number of amidine groups is 1. The minimum atomic E-state index is -0.602. The predicted octanol–water partition coefficient (Wildman–Crippen LogP) is 3.56. The largest absolute Gasteiger partial charge is 0.454 e. The quantitative estimate of drug-likeness (QED) is 0.658. The van der Waals surface area contributed by atoms with Gasteiger partial charge in [-0.25, -0.2) is 4.39 Å². The Morgan fingerprint density at radius 3 is 2.44 bits per heavy atom. The second-order valence-corrected chi connectivity index (χ2v) is 4.00. The van der Waals surface area contributed by atoms with E-state index in [1.807, 2.05) is 0 Å². The van der Waals surface area contributed by atoms with Gasteiger partial charge in [0.05, 0.1) is 5.02 Å². The van der Waals surface area contributed by atoms with Gasteiger partial charge in [-0.2, -0.15) is 0 Å². The van der Waals surface area contributed by atoms with Gasteiger partial charge in [-0.3, -0.25) is 5.41 Å². The summed E-state index contributed by atoms with van der Waals surface area (Å²) in [7, 11) is 0. The van der Waals surface area contributed by atoms with Crippen molar-refractivity contribution in [3.05, 3.63) is 58.9 Å². The Kier molecular flexibility index (Phi) is 3.48. The fourth-order valence-corrected chi connectivity index (χ4v) is 1.56. The first-order valence-corrected chi connectivity index (χ1v) is 5.52. The van der Waals surface area contributed by atoms with Gasteiger partial charge in [0.15, 0.2) is 11.6 Å². The molecule has 0 amide bonds. The third kappa shape index (κ3) is 2.60. The zero-order valence-electron chi connectivity index (χ0n) is 9.28. The van der Waals surface area contributed by atoms with Crippen LogP contribution in [0.4, 0.5) is 4.39 Å². The van der Waals surface area contributed by atoms with Crippen LogP contribution in [0.1, 0.15) is 5.56 Å². The van der Waals surface area contributed by atoms with Crippen molar-refractivity contribution in [1.29, 1.82) is 5.41 Å². The maximum atomic E-state index is 13.6. The van der Waals surface area contributed by atoms with Gasteiger partial charge in [0.2, 0.25) is 0 Å². The molecular weight excluding hydrogens is 255 g/mol. The summed E-state index contributed by atoms with van der Waals surface area (Å²) in [5.74, 6) is -0.135. The van der Waals surface area contributed by atoms with Crippen LogP contribution in [0.5, 0.6) is 11.5 Å². The van der Waals surface area contributed by atoms with E-state index in [4.69, 9.17) is 27.5 Å². The third-order valence-corrected chi connectivity index (χ3v) is 2.60. The second-order valence-electron chi connectivity index (χ2n) is 3.59. The van der Waals surface area contributed by atoms with E-state index in [1.165, 1.54) is 12.1 Å². The Morgan fingerprint density at radius 1 is 1.17 bits per heavy atom. The fourth-order valence-electron chi connectivity index (χ4n) is 1.39. The Bertz CT molecular complexity index is 584. The maximum Gasteiger partial charge on any atom is 0.184 e. The van der Waals surface area contributed by atoms with Gasteiger partial charge in [0.25, 0.3) is 0 Å². The molecule has 0 aliphatic heterocycles. The average Bonchev–Trinajstić information content (AvgIpc) is 2.36. The highest BCUT2D eigenvalue weighted by Gasteiger charge is 2.08. The molecular formula is C13H10ClFN2O. The number of hydrogen-bond donors (Lipinski definition) is 2. The molecule has 2 aromatic carbocycles. The zero-order valence-corrected chi connectivity index (χ0v) is 10.0. The Balaban J connectivity index is 2.24. The molecule has 0 spiro atoms. The van der Waals surface area contributed by atoms with Crippen molar-refractivity contribution in [1.82, 2.24) is 0 Å². The molecule has 0 fully saturated rings. The van der Waals surface area contributed by atoms with Crippen molar-refractivity contribution < 1.29 is 9.13 Å². The summed E-state index contributed by atoms with van der Waals surface area (Å²) in [6.07, 6.45) is 0. The minimum Gasteiger partial charge on any atom is -0.454 e. The zero-order chi connectivity index (χ0) is 13.1. The van der Waals surface area contributed by atoms with E-state index < -0.39 is 5.82 Å². The number of nitrogens with two attached hydrogens (primary N) is 1. The number of rotatable bonds is 3. The third-order valence-electron chi connectivity index (χ3n) is 2.31. The summed E-state index contributed by atoms with van der Waals surface area (Å²) < 4.78 is 18.9. The fraction of sp³-hybridized carbons (Fsp3) is 0. The summed E-state index contributed by atoms with van der Waals surface area (Å²) in [6, 6.07) is 11.0. The maximum absolute atomic E-state index is 13.6. The Labute approximate surface area is 108 Å². The number of halogens is 2. The van der Waals surface area contributed by atoms with E-state index in [1.54, 1.807) is 30.3 Å². The molecule has 2 aromatic rings. The van der Waals surface area contributed by atoms with Gasteiger partial charge in [-0.1, -0.05) is 17.7 Å². The summed E-state index contributed by atoms with van der Waals surface area (Å²) in [5.41, 5.74) is 5.90. The van der Waals surface area contributed by atoms with Crippen molar-refractivity contribution in [3.63, 3.8) is 0 Å². The van der Waals surface area contributed by atoms with E-state index in [0.29, 0.717) is 11.3 Å². The van der Waals surface area contributed by atoms with Gasteiger partial charge in [-0.15, -0.1) is 0 Å². The highest BCUT2D eigenvalue weighted by atomic mass is 35.5. The topological polar surface area (TPSA) is 59.1 Å². The first-order valence-electron chi connectivity index (χ1n) is 5.14. The van der Waals surface area contributed by atoms with Crippen LogP contribution in [0.2, 0.25) is 5.02 Å². The van der Waals surface area contributed by atoms with E-state index in [-0.39, 0.29) is 16.6 Å². The normalized spacial score (nSPS) is 10.1. The molecule has 0 aliphatic rings. The van der Waals surface area contributed by atoms with Crippen LogP contribution >= 0.6 is 11.6 Å². The van der Waals surface area contributed by atoms with Crippen LogP contribution in [-0.2, 0) is 0 Å². The summed E-state index contributed by atoms with van der Waals surface area (Å²) in [5, 5.41) is 7.26. The van der Waals surface area contributed by atoms with E-state index in [9.17, 15) is 4.39 Å². The van der Waals surface area contributed by atoms with Crippen molar-refractivity contribution >= 4 is 17.4 Å². The van der Waals surface area contributed by atoms with Crippen LogP contribution in [0.15, 0.2) is 42.5 Å². The molecule has 0 atom stereocenters. The smallest absolute Gasteiger partial charge is 0.184 e. The van der Waals surface area contributed by atoms with Gasteiger partial charge in [0, 0.05) is 5.56 Å². The molecule has 0 bridgehead atoms. The van der Waals surface area contributed by atoms with Crippen LogP contribution in [0, 0.1) is 11.2 Å². The Hall–Kier alpha value is -2.07. The molecule has 18 heavy (non-hydrogen) atoms. The lowest BCUT2D eigenvalue weighted by molar-refractivity contribution is 0.442. The monoisotopic (exact) mass is 264 g/mol. The van der Waals surface area contributed by atoms with Crippen molar-refractivity contribution in [3.8, 4) is 11.5 Å². The molecule has 0 unspecified atom stereocenters. The van der Waals surface area contributed by atoms with Crippen molar-refractivity contribution in [2.24, 2.45) is 5.73 Å². The van der Waals surface area contributed by atoms with E-state index >= 15 is 0 Å². The average molecular weight is 265 g/mol.